The number of rotatable bonds is 5. The van der Waals surface area contributed by atoms with Gasteiger partial charge in [-0.3, -0.25) is 19.3 Å². The molecule has 3 amide bonds. The number of carbonyl (C=O) groups is 3. The van der Waals surface area contributed by atoms with Gasteiger partial charge in [-0.15, -0.1) is 0 Å². The van der Waals surface area contributed by atoms with E-state index in [-0.39, 0.29) is 59.8 Å². The maximum Gasteiger partial charge on any atom is 0.240 e. The third-order valence-electron chi connectivity index (χ3n) is 6.50. The molecule has 0 radical (unpaired) electrons. The topological polar surface area (TPSA) is 66.5 Å². The van der Waals surface area contributed by atoms with Crippen LogP contribution >= 0.6 is 0 Å². The molecule has 1 aliphatic heterocycles. The predicted molar refractivity (Wildman–Crippen MR) is 94.4 cm³/mol. The number of hydrogen-bond acceptors (Lipinski definition) is 3. The van der Waals surface area contributed by atoms with Crippen LogP contribution in [0.15, 0.2) is 36.4 Å². The van der Waals surface area contributed by atoms with E-state index >= 15 is 0 Å². The highest BCUT2D eigenvalue weighted by molar-refractivity contribution is 6.08. The molecular weight excluding hydrogens is 347 g/mol. The predicted octanol–water partition coefficient (Wildman–Crippen LogP) is 2.20. The van der Waals surface area contributed by atoms with Crippen LogP contribution in [0, 0.1) is 35.4 Å². The Morgan fingerprint density at radius 3 is 2.22 bits per heavy atom. The molecule has 0 unspecified atom stereocenters. The lowest BCUT2D eigenvalue weighted by Crippen LogP contribution is -2.43. The van der Waals surface area contributed by atoms with Crippen molar-refractivity contribution in [1.82, 2.24) is 10.2 Å². The van der Waals surface area contributed by atoms with Crippen molar-refractivity contribution in [2.45, 2.75) is 25.3 Å². The lowest BCUT2D eigenvalue weighted by Gasteiger charge is -2.22. The van der Waals surface area contributed by atoms with Gasteiger partial charge in [0.05, 0.1) is 17.9 Å². The number of hydrogen-bond donors (Lipinski definition) is 1. The largest absolute Gasteiger partial charge is 0.347 e. The lowest BCUT2D eigenvalue weighted by molar-refractivity contribution is -0.144. The first-order chi connectivity index (χ1) is 13.0. The van der Waals surface area contributed by atoms with Crippen molar-refractivity contribution in [3.05, 3.63) is 47.8 Å². The number of benzene rings is 1. The molecule has 1 heterocycles. The maximum absolute atomic E-state index is 13.2. The van der Waals surface area contributed by atoms with Crippen molar-refractivity contribution in [1.29, 1.82) is 0 Å². The number of nitrogens with zero attached hydrogens (tertiary/aromatic N) is 1. The third kappa shape index (κ3) is 2.69. The van der Waals surface area contributed by atoms with Gasteiger partial charge in [0, 0.05) is 0 Å². The Hall–Kier alpha value is -2.50. The SMILES string of the molecule is O=C(CN1C(=O)[C@@H]2[C@H](C1=O)[C@H]1C=C[C@H]2C1)N[C@H](c1ccc(F)cc1)C1CC1. The van der Waals surface area contributed by atoms with E-state index in [0.717, 1.165) is 29.7 Å². The molecular formula is C21H21FN2O3. The van der Waals surface area contributed by atoms with E-state index in [2.05, 4.69) is 5.32 Å². The van der Waals surface area contributed by atoms with Crippen LogP contribution in [0.4, 0.5) is 4.39 Å². The van der Waals surface area contributed by atoms with Crippen molar-refractivity contribution in [2.24, 2.45) is 29.6 Å². The molecule has 1 aromatic rings. The number of fused-ring (bicyclic) bond motifs is 5. The summed E-state index contributed by atoms with van der Waals surface area (Å²) in [6.45, 7) is -0.228. The van der Waals surface area contributed by atoms with Crippen LogP contribution in [0.25, 0.3) is 0 Å². The number of allylic oxidation sites excluding steroid dienone is 2. The number of imide groups is 1. The zero-order valence-corrected chi connectivity index (χ0v) is 14.8. The minimum Gasteiger partial charge on any atom is -0.347 e. The second-order valence-corrected chi connectivity index (χ2v) is 8.20. The van der Waals surface area contributed by atoms with Crippen LogP contribution in [0.3, 0.4) is 0 Å². The van der Waals surface area contributed by atoms with Crippen molar-refractivity contribution in [2.75, 3.05) is 6.54 Å². The van der Waals surface area contributed by atoms with Gasteiger partial charge < -0.3 is 5.32 Å². The lowest BCUT2D eigenvalue weighted by atomic mass is 9.85. The summed E-state index contributed by atoms with van der Waals surface area (Å²) in [7, 11) is 0. The van der Waals surface area contributed by atoms with Crippen LogP contribution in [0.2, 0.25) is 0 Å². The Morgan fingerprint density at radius 2 is 1.67 bits per heavy atom. The Bertz CT molecular complexity index is 815. The Morgan fingerprint density at radius 1 is 1.07 bits per heavy atom. The normalized spacial score (nSPS) is 32.1. The molecule has 3 fully saturated rings. The summed E-state index contributed by atoms with van der Waals surface area (Å²) in [5, 5.41) is 2.96. The van der Waals surface area contributed by atoms with E-state index in [1.54, 1.807) is 12.1 Å². The highest BCUT2D eigenvalue weighted by Crippen LogP contribution is 2.52. The van der Waals surface area contributed by atoms with Gasteiger partial charge in [-0.1, -0.05) is 24.3 Å². The van der Waals surface area contributed by atoms with Gasteiger partial charge in [0.25, 0.3) is 0 Å². The monoisotopic (exact) mass is 368 g/mol. The minimum atomic E-state index is -0.335. The van der Waals surface area contributed by atoms with Crippen molar-refractivity contribution in [3.8, 4) is 0 Å². The van der Waals surface area contributed by atoms with E-state index in [1.165, 1.54) is 12.1 Å². The fourth-order valence-corrected chi connectivity index (χ4v) is 5.06. The molecule has 3 aliphatic carbocycles. The van der Waals surface area contributed by atoms with E-state index in [0.29, 0.717) is 5.92 Å². The molecule has 0 spiro atoms. The molecule has 5 nitrogen and oxygen atoms in total. The molecule has 1 saturated heterocycles. The average molecular weight is 368 g/mol. The highest BCUT2D eigenvalue weighted by atomic mass is 19.1. The van der Waals surface area contributed by atoms with Gasteiger partial charge in [-0.25, -0.2) is 4.39 Å². The first-order valence-electron chi connectivity index (χ1n) is 9.61. The maximum atomic E-state index is 13.2. The first-order valence-corrected chi connectivity index (χ1v) is 9.61. The molecule has 0 aromatic heterocycles. The van der Waals surface area contributed by atoms with Gasteiger partial charge in [0.15, 0.2) is 0 Å². The molecule has 5 atom stereocenters. The molecule has 2 bridgehead atoms. The average Bonchev–Trinajstić information content (AvgIpc) is 3.21. The summed E-state index contributed by atoms with van der Waals surface area (Å²) < 4.78 is 13.2. The van der Waals surface area contributed by atoms with E-state index in [1.807, 2.05) is 12.2 Å². The molecule has 140 valence electrons. The zero-order valence-electron chi connectivity index (χ0n) is 14.8. The standard InChI is InChI=1S/C21H21FN2O3/c22-15-7-5-12(6-8-15)19(11-1-2-11)23-16(25)10-24-20(26)17-13-3-4-14(9-13)18(17)21(24)27/h3-8,11,13-14,17-19H,1-2,9-10H2,(H,23,25)/t13-,14-,17-,18+,19-/m0/s1. The molecule has 1 N–H and O–H groups in total. The number of nitrogens with one attached hydrogen (secondary N) is 1. The summed E-state index contributed by atoms with van der Waals surface area (Å²) in [5.74, 6) is -1.02. The molecule has 4 aliphatic rings. The van der Waals surface area contributed by atoms with Gasteiger partial charge in [-0.2, -0.15) is 0 Å². The molecule has 1 aromatic carbocycles. The quantitative estimate of drug-likeness (QED) is 0.640. The zero-order chi connectivity index (χ0) is 18.7. The van der Waals surface area contributed by atoms with Crippen LogP contribution in [-0.4, -0.2) is 29.2 Å². The molecule has 2 saturated carbocycles. The van der Waals surface area contributed by atoms with Gasteiger partial charge in [-0.05, 0) is 54.7 Å². The van der Waals surface area contributed by atoms with Crippen LogP contribution in [0.1, 0.15) is 30.9 Å². The summed E-state index contributed by atoms with van der Waals surface area (Å²) in [4.78, 5) is 39.2. The number of halogens is 1. The third-order valence-corrected chi connectivity index (χ3v) is 6.50. The molecule has 27 heavy (non-hydrogen) atoms. The Kier molecular flexibility index (Phi) is 3.71. The number of carbonyl (C=O) groups excluding carboxylic acids is 3. The Labute approximate surface area is 156 Å². The first kappa shape index (κ1) is 16.7. The minimum absolute atomic E-state index is 0.142. The summed E-state index contributed by atoms with van der Waals surface area (Å²) >= 11 is 0. The second kappa shape index (κ2) is 6.01. The summed E-state index contributed by atoms with van der Waals surface area (Å²) in [6.07, 6.45) is 6.96. The second-order valence-electron chi connectivity index (χ2n) is 8.20. The highest BCUT2D eigenvalue weighted by Gasteiger charge is 2.59. The van der Waals surface area contributed by atoms with Crippen molar-refractivity contribution in [3.63, 3.8) is 0 Å². The van der Waals surface area contributed by atoms with Crippen molar-refractivity contribution < 1.29 is 18.8 Å². The number of amides is 3. The van der Waals surface area contributed by atoms with E-state index in [9.17, 15) is 18.8 Å². The summed E-state index contributed by atoms with van der Waals surface area (Å²) in [6, 6.07) is 5.92. The fourth-order valence-electron chi connectivity index (χ4n) is 5.06. The van der Waals surface area contributed by atoms with Gasteiger partial charge in [0.2, 0.25) is 17.7 Å². The van der Waals surface area contributed by atoms with E-state index < -0.39 is 0 Å². The van der Waals surface area contributed by atoms with Gasteiger partial charge in [0.1, 0.15) is 12.4 Å². The van der Waals surface area contributed by atoms with Crippen molar-refractivity contribution >= 4 is 17.7 Å². The number of likely N-dealkylation sites (tertiary alicyclic amines) is 1. The smallest absolute Gasteiger partial charge is 0.240 e. The van der Waals surface area contributed by atoms with Crippen LogP contribution in [0.5, 0.6) is 0 Å². The Balaban J connectivity index is 1.28. The van der Waals surface area contributed by atoms with E-state index in [4.69, 9.17) is 0 Å². The van der Waals surface area contributed by atoms with Crippen LogP contribution in [-0.2, 0) is 14.4 Å². The molecule has 6 heteroatoms. The fraction of sp³-hybridized carbons (Fsp3) is 0.476. The summed E-state index contributed by atoms with van der Waals surface area (Å²) in [5.41, 5.74) is 0.852. The molecule has 5 rings (SSSR count). The van der Waals surface area contributed by atoms with Gasteiger partial charge >= 0.3 is 0 Å². The van der Waals surface area contributed by atoms with Crippen LogP contribution < -0.4 is 5.32 Å².